The summed E-state index contributed by atoms with van der Waals surface area (Å²) >= 11 is 0. The zero-order valence-electron chi connectivity index (χ0n) is 11.6. The molecule has 0 N–H and O–H groups in total. The molecule has 0 aliphatic heterocycles. The number of hydrogen-bond donors (Lipinski definition) is 0. The molecule has 0 saturated heterocycles. The number of rotatable bonds is 5. The first kappa shape index (κ1) is 19.4. The van der Waals surface area contributed by atoms with Gasteiger partial charge >= 0.3 is 23.9 Å². The molecule has 1 rings (SSSR count). The van der Waals surface area contributed by atoms with Gasteiger partial charge in [0.1, 0.15) is 0 Å². The number of halogens is 9. The third-order valence-corrected chi connectivity index (χ3v) is 3.10. The first-order chi connectivity index (χ1) is 10.1. The predicted molar refractivity (Wildman–Crippen MR) is 65.7 cm³/mol. The van der Waals surface area contributed by atoms with Gasteiger partial charge in [0.2, 0.25) is 0 Å². The van der Waals surface area contributed by atoms with E-state index in [4.69, 9.17) is 0 Å². The van der Waals surface area contributed by atoms with Crippen LogP contribution in [0, 0.1) is 6.92 Å². The van der Waals surface area contributed by atoms with Crippen molar-refractivity contribution < 1.29 is 39.5 Å². The Bertz CT molecular complexity index is 567. The van der Waals surface area contributed by atoms with Crippen LogP contribution in [0.3, 0.4) is 0 Å². The maximum Gasteiger partial charge on any atom is 0.460 e. The van der Waals surface area contributed by atoms with Gasteiger partial charge in [0, 0.05) is 6.42 Å². The Morgan fingerprint density at radius 1 is 0.826 bits per heavy atom. The van der Waals surface area contributed by atoms with Crippen LogP contribution in [0.15, 0.2) is 30.8 Å². The molecule has 9 heteroatoms. The van der Waals surface area contributed by atoms with Crippen LogP contribution in [-0.4, -0.2) is 23.9 Å². The Morgan fingerprint density at radius 2 is 1.26 bits per heavy atom. The lowest BCUT2D eigenvalue weighted by atomic mass is 9.94. The van der Waals surface area contributed by atoms with E-state index in [1.807, 2.05) is 0 Å². The normalized spacial score (nSPS) is 14.0. The van der Waals surface area contributed by atoms with Crippen LogP contribution in [-0.2, 0) is 0 Å². The molecule has 0 radical (unpaired) electrons. The highest BCUT2D eigenvalue weighted by Crippen LogP contribution is 2.55. The molecule has 130 valence electrons. The highest BCUT2D eigenvalue weighted by molar-refractivity contribution is 5.64. The zero-order valence-corrected chi connectivity index (χ0v) is 11.6. The molecule has 0 spiro atoms. The molecule has 1 aromatic carbocycles. The number of aryl methyl sites for hydroxylation is 1. The minimum absolute atomic E-state index is 0.0681. The molecule has 23 heavy (non-hydrogen) atoms. The molecule has 1 aromatic rings. The van der Waals surface area contributed by atoms with Gasteiger partial charge in [0.05, 0.1) is 0 Å². The van der Waals surface area contributed by atoms with Crippen molar-refractivity contribution in [3.63, 3.8) is 0 Å². The topological polar surface area (TPSA) is 0 Å². The van der Waals surface area contributed by atoms with E-state index < -0.39 is 35.9 Å². The molecule has 0 unspecified atom stereocenters. The fraction of sp³-hybridized carbons (Fsp3) is 0.429. The maximum absolute atomic E-state index is 13.5. The summed E-state index contributed by atoms with van der Waals surface area (Å²) in [6, 6.07) is 5.27. The van der Waals surface area contributed by atoms with Gasteiger partial charge < -0.3 is 0 Å². The average Bonchev–Trinajstić information content (AvgIpc) is 2.37. The summed E-state index contributed by atoms with van der Waals surface area (Å²) in [5.74, 6) is -19.1. The standard InChI is InChI=1S/C14H11F9/c1-8-3-5-10(6-4-8)9(2)7-11(15,16)12(17,18)13(19,20)14(21,22)23/h3-6H,2,7H2,1H3. The Hall–Kier alpha value is -1.67. The molecule has 0 amide bonds. The molecule has 0 heterocycles. The van der Waals surface area contributed by atoms with Crippen molar-refractivity contribution in [2.45, 2.75) is 37.3 Å². The molecule has 0 aromatic heterocycles. The summed E-state index contributed by atoms with van der Waals surface area (Å²) in [6.07, 6.45) is -8.86. The smallest absolute Gasteiger partial charge is 0.199 e. The highest BCUT2D eigenvalue weighted by atomic mass is 19.4. The van der Waals surface area contributed by atoms with E-state index in [1.54, 1.807) is 6.92 Å². The van der Waals surface area contributed by atoms with Crippen LogP contribution in [0.1, 0.15) is 17.5 Å². The van der Waals surface area contributed by atoms with Crippen LogP contribution in [0.2, 0.25) is 0 Å². The fourth-order valence-electron chi connectivity index (χ4n) is 1.68. The molecule has 0 saturated carbocycles. The molecule has 0 aliphatic carbocycles. The van der Waals surface area contributed by atoms with Crippen molar-refractivity contribution in [1.82, 2.24) is 0 Å². The lowest BCUT2D eigenvalue weighted by Crippen LogP contribution is -2.60. The van der Waals surface area contributed by atoms with Crippen molar-refractivity contribution in [1.29, 1.82) is 0 Å². The van der Waals surface area contributed by atoms with Gasteiger partial charge in [-0.1, -0.05) is 36.4 Å². The zero-order chi connectivity index (χ0) is 18.3. The highest BCUT2D eigenvalue weighted by Gasteiger charge is 2.81. The predicted octanol–water partition coefficient (Wildman–Crippen LogP) is 5.87. The third-order valence-electron chi connectivity index (χ3n) is 3.10. The van der Waals surface area contributed by atoms with E-state index in [2.05, 4.69) is 6.58 Å². The molecule has 0 fully saturated rings. The van der Waals surface area contributed by atoms with E-state index >= 15 is 0 Å². The monoisotopic (exact) mass is 350 g/mol. The van der Waals surface area contributed by atoms with E-state index in [0.717, 1.165) is 0 Å². The van der Waals surface area contributed by atoms with Gasteiger partial charge in [-0.25, -0.2) is 0 Å². The van der Waals surface area contributed by atoms with Gasteiger partial charge in [-0.3, -0.25) is 0 Å². The van der Waals surface area contributed by atoms with E-state index in [0.29, 0.717) is 5.56 Å². The molecule has 0 aliphatic rings. The molecular weight excluding hydrogens is 339 g/mol. The summed E-state index contributed by atoms with van der Waals surface area (Å²) in [5, 5.41) is 0. The first-order valence-electron chi connectivity index (χ1n) is 6.08. The molecular formula is C14H11F9. The van der Waals surface area contributed by atoms with Crippen molar-refractivity contribution in [2.24, 2.45) is 0 Å². The van der Waals surface area contributed by atoms with Crippen LogP contribution >= 0.6 is 0 Å². The maximum atomic E-state index is 13.5. The van der Waals surface area contributed by atoms with Crippen molar-refractivity contribution in [3.05, 3.63) is 42.0 Å². The SMILES string of the molecule is C=C(CC(F)(F)C(F)(F)C(F)(F)C(F)(F)F)c1ccc(C)cc1. The van der Waals surface area contributed by atoms with E-state index in [9.17, 15) is 39.5 Å². The molecule has 0 nitrogen and oxygen atoms in total. The average molecular weight is 350 g/mol. The third kappa shape index (κ3) is 3.48. The second-order valence-electron chi connectivity index (χ2n) is 5.00. The van der Waals surface area contributed by atoms with Gasteiger partial charge in [-0.2, -0.15) is 39.5 Å². The second-order valence-corrected chi connectivity index (χ2v) is 5.00. The minimum atomic E-state index is -6.88. The van der Waals surface area contributed by atoms with E-state index in [1.165, 1.54) is 24.3 Å². The number of benzene rings is 1. The van der Waals surface area contributed by atoms with Crippen LogP contribution in [0.25, 0.3) is 5.57 Å². The fourth-order valence-corrected chi connectivity index (χ4v) is 1.68. The van der Waals surface area contributed by atoms with Crippen molar-refractivity contribution in [2.75, 3.05) is 0 Å². The van der Waals surface area contributed by atoms with Gasteiger partial charge in [0.15, 0.2) is 0 Å². The number of allylic oxidation sites excluding steroid dienone is 1. The van der Waals surface area contributed by atoms with Crippen LogP contribution < -0.4 is 0 Å². The van der Waals surface area contributed by atoms with Crippen molar-refractivity contribution in [3.8, 4) is 0 Å². The van der Waals surface area contributed by atoms with Crippen molar-refractivity contribution >= 4 is 5.57 Å². The summed E-state index contributed by atoms with van der Waals surface area (Å²) in [6.45, 7) is 4.70. The van der Waals surface area contributed by atoms with Gasteiger partial charge in [-0.05, 0) is 18.1 Å². The first-order valence-corrected chi connectivity index (χ1v) is 6.08. The molecule has 0 bridgehead atoms. The van der Waals surface area contributed by atoms with Gasteiger partial charge in [0.25, 0.3) is 0 Å². The van der Waals surface area contributed by atoms with Crippen LogP contribution in [0.4, 0.5) is 39.5 Å². The largest absolute Gasteiger partial charge is 0.460 e. The molecule has 0 atom stereocenters. The quantitative estimate of drug-likeness (QED) is 0.583. The Morgan fingerprint density at radius 3 is 1.65 bits per heavy atom. The number of hydrogen-bond acceptors (Lipinski definition) is 0. The summed E-state index contributed by atoms with van der Waals surface area (Å²) < 4.78 is 115. The Kier molecular flexibility index (Phi) is 4.85. The summed E-state index contributed by atoms with van der Waals surface area (Å²) in [7, 11) is 0. The van der Waals surface area contributed by atoms with Crippen LogP contribution in [0.5, 0.6) is 0 Å². The number of alkyl halides is 9. The van der Waals surface area contributed by atoms with E-state index in [-0.39, 0.29) is 5.56 Å². The summed E-state index contributed by atoms with van der Waals surface area (Å²) in [4.78, 5) is 0. The second kappa shape index (κ2) is 5.76. The van der Waals surface area contributed by atoms with Gasteiger partial charge in [-0.15, -0.1) is 0 Å². The lowest BCUT2D eigenvalue weighted by molar-refractivity contribution is -0.395. The summed E-state index contributed by atoms with van der Waals surface area (Å²) in [5.41, 5.74) is -0.0590. The Labute approximate surface area is 125 Å². The Balaban J connectivity index is 3.10. The minimum Gasteiger partial charge on any atom is -0.199 e. The lowest BCUT2D eigenvalue weighted by Gasteiger charge is -2.34.